The summed E-state index contributed by atoms with van der Waals surface area (Å²) in [6.07, 6.45) is 3.91. The van der Waals surface area contributed by atoms with Crippen LogP contribution < -0.4 is 5.32 Å². The lowest BCUT2D eigenvalue weighted by atomic mass is 9.95. The van der Waals surface area contributed by atoms with Gasteiger partial charge in [-0.1, -0.05) is 37.8 Å². The molecule has 0 radical (unpaired) electrons. The van der Waals surface area contributed by atoms with E-state index in [1.165, 1.54) is 41.6 Å². The predicted molar refractivity (Wildman–Crippen MR) is 125 cm³/mol. The van der Waals surface area contributed by atoms with E-state index in [-0.39, 0.29) is 12.0 Å². The Bertz CT molecular complexity index is 1140. The lowest BCUT2D eigenvalue weighted by Gasteiger charge is -2.12. The van der Waals surface area contributed by atoms with Gasteiger partial charge in [0.1, 0.15) is 6.61 Å². The number of aromatic nitrogens is 1. The average Bonchev–Trinajstić information content (AvgIpc) is 3.41. The van der Waals surface area contributed by atoms with Crippen molar-refractivity contribution in [1.29, 1.82) is 5.26 Å². The normalized spacial score (nSPS) is 13.7. The Morgan fingerprint density at radius 3 is 2.69 bits per heavy atom. The minimum absolute atomic E-state index is 0.0874. The number of hydrogen-bond acceptors (Lipinski definition) is 4. The Labute approximate surface area is 188 Å². The number of para-hydroxylation sites is 1. The van der Waals surface area contributed by atoms with E-state index in [9.17, 15) is 4.79 Å². The van der Waals surface area contributed by atoms with Crippen LogP contribution in [0.4, 0.5) is 0 Å². The summed E-state index contributed by atoms with van der Waals surface area (Å²) in [5.74, 6) is -0.257. The van der Waals surface area contributed by atoms with Crippen LogP contribution in [0.1, 0.15) is 60.8 Å². The van der Waals surface area contributed by atoms with Gasteiger partial charge < -0.3 is 10.3 Å². The predicted octanol–water partition coefficient (Wildman–Crippen LogP) is 5.51. The van der Waals surface area contributed by atoms with Crippen LogP contribution in [0.3, 0.4) is 0 Å². The smallest absolute Gasteiger partial charge is 0.255 e. The van der Waals surface area contributed by atoms with Crippen LogP contribution in [0.5, 0.6) is 0 Å². The number of nitriles is 1. The van der Waals surface area contributed by atoms with E-state index in [1.807, 2.05) is 19.9 Å². The summed E-state index contributed by atoms with van der Waals surface area (Å²) in [6.45, 7) is 10.1. The molecule has 4 rings (SSSR count). The average molecular weight is 432 g/mol. The first-order valence-electron chi connectivity index (χ1n) is 10.7. The summed E-state index contributed by atoms with van der Waals surface area (Å²) in [4.78, 5) is 25.3. The first-order chi connectivity index (χ1) is 15.4. The van der Waals surface area contributed by atoms with Gasteiger partial charge in [0.05, 0.1) is 17.7 Å². The first-order valence-corrected chi connectivity index (χ1v) is 10.7. The Hall–Kier alpha value is -3.40. The van der Waals surface area contributed by atoms with E-state index in [1.54, 1.807) is 18.2 Å². The zero-order valence-electron chi connectivity index (χ0n) is 18.8. The molecular weight excluding hydrogens is 402 g/mol. The number of benzene rings is 2. The zero-order valence-corrected chi connectivity index (χ0v) is 18.8. The maximum absolute atomic E-state index is 11.2. The second kappa shape index (κ2) is 10.3. The standard InChI is InChI=1S/C16H21NO2.C10H8N2O/c1-11(2)19-18-10-14-15(16(3)8-9-16)12-6-4-5-7-13(12)17-14;1-2-12-10(13)9-5-3-4-8(6-9)7-11/h4-7,11,17H,8-10H2,1-3H3;2-6H,1H2,(H,12,13). The van der Waals surface area contributed by atoms with E-state index in [4.69, 9.17) is 15.0 Å². The molecule has 6 nitrogen and oxygen atoms in total. The Morgan fingerprint density at radius 1 is 1.28 bits per heavy atom. The summed E-state index contributed by atoms with van der Waals surface area (Å²) < 4.78 is 0. The molecule has 0 saturated heterocycles. The van der Waals surface area contributed by atoms with Crippen LogP contribution in [-0.4, -0.2) is 17.0 Å². The van der Waals surface area contributed by atoms with E-state index in [0.717, 1.165) is 5.69 Å². The molecule has 1 heterocycles. The lowest BCUT2D eigenvalue weighted by Crippen LogP contribution is -2.16. The summed E-state index contributed by atoms with van der Waals surface area (Å²) in [6, 6.07) is 16.9. The van der Waals surface area contributed by atoms with Crippen molar-refractivity contribution in [2.45, 2.75) is 51.7 Å². The van der Waals surface area contributed by atoms with E-state index in [2.05, 4.69) is 48.1 Å². The quantitative estimate of drug-likeness (QED) is 0.382. The molecule has 1 saturated carbocycles. The largest absolute Gasteiger partial charge is 0.356 e. The van der Waals surface area contributed by atoms with Gasteiger partial charge in [-0.2, -0.15) is 5.26 Å². The zero-order chi connectivity index (χ0) is 23.1. The van der Waals surface area contributed by atoms with Gasteiger partial charge in [-0.3, -0.25) is 4.79 Å². The van der Waals surface area contributed by atoms with Crippen LogP contribution in [-0.2, 0) is 21.8 Å². The second-order valence-electron chi connectivity index (χ2n) is 8.36. The number of nitrogens with one attached hydrogen (secondary N) is 2. The van der Waals surface area contributed by atoms with Gasteiger partial charge in [-0.05, 0) is 68.1 Å². The highest BCUT2D eigenvalue weighted by molar-refractivity contribution is 5.95. The molecule has 0 aliphatic heterocycles. The number of aromatic amines is 1. The minimum atomic E-state index is -0.257. The summed E-state index contributed by atoms with van der Waals surface area (Å²) >= 11 is 0. The molecule has 166 valence electrons. The summed E-state index contributed by atoms with van der Waals surface area (Å²) in [7, 11) is 0. The van der Waals surface area contributed by atoms with Gasteiger partial charge in [-0.15, -0.1) is 0 Å². The molecule has 1 aliphatic rings. The van der Waals surface area contributed by atoms with Crippen LogP contribution in [0, 0.1) is 11.3 Å². The molecule has 3 aromatic rings. The minimum Gasteiger partial charge on any atom is -0.356 e. The molecule has 2 aromatic carbocycles. The number of rotatable bonds is 7. The van der Waals surface area contributed by atoms with Crippen molar-refractivity contribution in [2.24, 2.45) is 0 Å². The van der Waals surface area contributed by atoms with Crippen LogP contribution in [0.15, 0.2) is 61.3 Å². The Morgan fingerprint density at radius 2 is 2.03 bits per heavy atom. The highest BCUT2D eigenvalue weighted by atomic mass is 17.2. The molecule has 0 atom stereocenters. The fourth-order valence-electron chi connectivity index (χ4n) is 3.57. The molecule has 1 fully saturated rings. The van der Waals surface area contributed by atoms with Crippen molar-refractivity contribution < 1.29 is 14.6 Å². The monoisotopic (exact) mass is 431 g/mol. The SMILES string of the molecule is C=CNC(=O)c1cccc(C#N)c1.CC(C)OOCc1[nH]c2ccccc2c1C1(C)CC1. The molecule has 0 spiro atoms. The van der Waals surface area contributed by atoms with E-state index in [0.29, 0.717) is 23.1 Å². The molecule has 0 unspecified atom stereocenters. The van der Waals surface area contributed by atoms with Crippen molar-refractivity contribution in [3.8, 4) is 6.07 Å². The van der Waals surface area contributed by atoms with Gasteiger partial charge in [0.2, 0.25) is 0 Å². The molecule has 1 amide bonds. The third kappa shape index (κ3) is 5.64. The number of carbonyl (C=O) groups excluding carboxylic acids is 1. The third-order valence-electron chi connectivity index (χ3n) is 5.34. The van der Waals surface area contributed by atoms with Crippen molar-refractivity contribution in [1.82, 2.24) is 10.3 Å². The summed E-state index contributed by atoms with van der Waals surface area (Å²) in [5.41, 5.74) is 5.00. The number of fused-ring (bicyclic) bond motifs is 1. The van der Waals surface area contributed by atoms with Gasteiger partial charge in [0, 0.05) is 22.2 Å². The second-order valence-corrected chi connectivity index (χ2v) is 8.36. The van der Waals surface area contributed by atoms with E-state index >= 15 is 0 Å². The number of nitrogens with zero attached hydrogens (tertiary/aromatic N) is 1. The molecular formula is C26H29N3O3. The van der Waals surface area contributed by atoms with Crippen molar-refractivity contribution in [3.05, 3.63) is 83.7 Å². The number of H-pyrrole nitrogens is 1. The Kier molecular flexibility index (Phi) is 7.47. The first kappa shape index (κ1) is 23.3. The van der Waals surface area contributed by atoms with Crippen LogP contribution in [0.25, 0.3) is 10.9 Å². The fourth-order valence-corrected chi connectivity index (χ4v) is 3.57. The van der Waals surface area contributed by atoms with Crippen LogP contribution >= 0.6 is 0 Å². The molecule has 2 N–H and O–H groups in total. The Balaban J connectivity index is 0.000000195. The molecule has 0 bridgehead atoms. The van der Waals surface area contributed by atoms with Gasteiger partial charge in [-0.25, -0.2) is 9.78 Å². The number of carbonyl (C=O) groups is 1. The maximum atomic E-state index is 11.2. The molecule has 1 aliphatic carbocycles. The lowest BCUT2D eigenvalue weighted by molar-refractivity contribution is -0.326. The van der Waals surface area contributed by atoms with E-state index < -0.39 is 0 Å². The highest BCUT2D eigenvalue weighted by Crippen LogP contribution is 2.51. The van der Waals surface area contributed by atoms with Gasteiger partial charge in [0.15, 0.2) is 0 Å². The molecule has 6 heteroatoms. The maximum Gasteiger partial charge on any atom is 0.255 e. The van der Waals surface area contributed by atoms with Crippen molar-refractivity contribution in [3.63, 3.8) is 0 Å². The van der Waals surface area contributed by atoms with Crippen molar-refractivity contribution in [2.75, 3.05) is 0 Å². The molecule has 1 aromatic heterocycles. The highest BCUT2D eigenvalue weighted by Gasteiger charge is 2.42. The fraction of sp³-hybridized carbons (Fsp3) is 0.308. The van der Waals surface area contributed by atoms with Crippen LogP contribution in [0.2, 0.25) is 0 Å². The number of amides is 1. The topological polar surface area (TPSA) is 87.1 Å². The number of hydrogen-bond donors (Lipinski definition) is 2. The van der Waals surface area contributed by atoms with Gasteiger partial charge >= 0.3 is 0 Å². The van der Waals surface area contributed by atoms with Gasteiger partial charge in [0.25, 0.3) is 5.91 Å². The third-order valence-corrected chi connectivity index (χ3v) is 5.34. The molecule has 32 heavy (non-hydrogen) atoms. The summed E-state index contributed by atoms with van der Waals surface area (Å²) in [5, 5.41) is 12.3. The van der Waals surface area contributed by atoms with Crippen molar-refractivity contribution >= 4 is 16.8 Å².